The third kappa shape index (κ3) is 5.34. The summed E-state index contributed by atoms with van der Waals surface area (Å²) in [7, 11) is 0. The zero-order chi connectivity index (χ0) is 14.5. The summed E-state index contributed by atoms with van der Waals surface area (Å²) in [6, 6.07) is 0.753. The molecule has 0 aliphatic carbocycles. The molecule has 0 atom stereocenters. The highest BCUT2D eigenvalue weighted by molar-refractivity contribution is 7.80. The van der Waals surface area contributed by atoms with Crippen LogP contribution in [0, 0.1) is 11.8 Å². The molecule has 0 radical (unpaired) electrons. The highest BCUT2D eigenvalue weighted by Crippen LogP contribution is 2.09. The smallest absolute Gasteiger partial charge is 0.190 e. The summed E-state index contributed by atoms with van der Waals surface area (Å²) in [4.78, 5) is 2.16. The Bertz CT molecular complexity index is 275. The second-order valence-electron chi connectivity index (χ2n) is 5.86. The van der Waals surface area contributed by atoms with Gasteiger partial charge in [-0.15, -0.1) is 0 Å². The molecule has 0 aromatic carbocycles. The Morgan fingerprint density at radius 3 is 1.56 bits per heavy atom. The van der Waals surface area contributed by atoms with Crippen molar-refractivity contribution >= 4 is 23.0 Å². The van der Waals surface area contributed by atoms with Crippen molar-refractivity contribution in [2.75, 3.05) is 0 Å². The van der Waals surface area contributed by atoms with Gasteiger partial charge in [0.1, 0.15) is 0 Å². The van der Waals surface area contributed by atoms with E-state index in [9.17, 15) is 0 Å². The van der Waals surface area contributed by atoms with Gasteiger partial charge >= 0.3 is 0 Å². The highest BCUT2D eigenvalue weighted by atomic mass is 32.1. The second kappa shape index (κ2) is 7.72. The molecule has 0 spiro atoms. The molecule has 0 saturated heterocycles. The fraction of sp³-hybridized carbons (Fsp3) is 0.857. The molecule has 0 rings (SSSR count). The van der Waals surface area contributed by atoms with Gasteiger partial charge in [0.05, 0.1) is 0 Å². The molecule has 0 aromatic heterocycles. The number of hydrazone groups is 1. The summed E-state index contributed by atoms with van der Waals surface area (Å²) in [6.45, 7) is 17.2. The Hall–Kier alpha value is -0.640. The standard InChI is InChI=1S/C14H29N3S/c1-9(2)13(10(3)4)15-16-14(18)17(11(5)6)12(7)8/h9-12H,1-8H3,(H,16,18). The van der Waals surface area contributed by atoms with Gasteiger partial charge in [0.2, 0.25) is 0 Å². The first-order valence-corrected chi connectivity index (χ1v) is 7.25. The van der Waals surface area contributed by atoms with Crippen molar-refractivity contribution in [3.05, 3.63) is 0 Å². The average molecular weight is 271 g/mol. The Morgan fingerprint density at radius 1 is 0.889 bits per heavy atom. The lowest BCUT2D eigenvalue weighted by molar-refractivity contribution is 0.288. The van der Waals surface area contributed by atoms with E-state index in [-0.39, 0.29) is 0 Å². The molecule has 0 aromatic rings. The molecule has 0 heterocycles. The summed E-state index contributed by atoms with van der Waals surface area (Å²) in [5.74, 6) is 0.874. The van der Waals surface area contributed by atoms with E-state index in [0.717, 1.165) is 5.71 Å². The van der Waals surface area contributed by atoms with Crippen LogP contribution in [0.5, 0.6) is 0 Å². The molecular formula is C14H29N3S. The second-order valence-corrected chi connectivity index (χ2v) is 6.24. The van der Waals surface area contributed by atoms with Gasteiger partial charge < -0.3 is 4.90 Å². The summed E-state index contributed by atoms with van der Waals surface area (Å²) in [5, 5.41) is 5.20. The van der Waals surface area contributed by atoms with Crippen molar-refractivity contribution in [1.82, 2.24) is 10.3 Å². The van der Waals surface area contributed by atoms with Gasteiger partial charge in [0.15, 0.2) is 5.11 Å². The molecule has 18 heavy (non-hydrogen) atoms. The van der Waals surface area contributed by atoms with E-state index >= 15 is 0 Å². The SMILES string of the molecule is CC(C)C(=NNC(=S)N(C(C)C)C(C)C)C(C)C. The molecule has 0 saturated carbocycles. The number of rotatable bonds is 5. The fourth-order valence-electron chi connectivity index (χ4n) is 2.16. The Kier molecular flexibility index (Phi) is 7.45. The van der Waals surface area contributed by atoms with Crippen LogP contribution in [0.25, 0.3) is 0 Å². The maximum absolute atomic E-state index is 5.43. The lowest BCUT2D eigenvalue weighted by atomic mass is 9.98. The molecule has 0 fully saturated rings. The Labute approximate surface area is 118 Å². The van der Waals surface area contributed by atoms with Crippen LogP contribution in [0.4, 0.5) is 0 Å². The normalized spacial score (nSPS) is 11.3. The van der Waals surface area contributed by atoms with Crippen molar-refractivity contribution in [1.29, 1.82) is 0 Å². The minimum absolute atomic E-state index is 0.377. The molecule has 0 bridgehead atoms. The van der Waals surface area contributed by atoms with E-state index < -0.39 is 0 Å². The predicted octanol–water partition coefficient (Wildman–Crippen LogP) is 3.65. The quantitative estimate of drug-likeness (QED) is 0.470. The van der Waals surface area contributed by atoms with Crippen molar-refractivity contribution in [3.8, 4) is 0 Å². The van der Waals surface area contributed by atoms with Crippen LogP contribution in [0.15, 0.2) is 5.10 Å². The minimum atomic E-state index is 0.377. The largest absolute Gasteiger partial charge is 0.343 e. The van der Waals surface area contributed by atoms with E-state index in [2.05, 4.69) is 70.8 Å². The predicted molar refractivity (Wildman–Crippen MR) is 85.0 cm³/mol. The summed E-state index contributed by atoms with van der Waals surface area (Å²) >= 11 is 5.43. The van der Waals surface area contributed by atoms with E-state index in [4.69, 9.17) is 12.2 Å². The summed E-state index contributed by atoms with van der Waals surface area (Å²) < 4.78 is 0. The van der Waals surface area contributed by atoms with Gasteiger partial charge in [0, 0.05) is 17.8 Å². The molecule has 0 unspecified atom stereocenters. The number of thiocarbonyl (C=S) groups is 1. The zero-order valence-electron chi connectivity index (χ0n) is 13.1. The third-order valence-electron chi connectivity index (χ3n) is 2.81. The highest BCUT2D eigenvalue weighted by Gasteiger charge is 2.17. The van der Waals surface area contributed by atoms with E-state index in [1.54, 1.807) is 0 Å². The average Bonchev–Trinajstić information content (AvgIpc) is 2.14. The van der Waals surface area contributed by atoms with E-state index in [1.807, 2.05) is 0 Å². The first-order chi connectivity index (χ1) is 8.18. The Balaban J connectivity index is 4.78. The van der Waals surface area contributed by atoms with Gasteiger partial charge in [0.25, 0.3) is 0 Å². The molecule has 106 valence electrons. The third-order valence-corrected chi connectivity index (χ3v) is 3.11. The van der Waals surface area contributed by atoms with E-state index in [1.165, 1.54) is 0 Å². The van der Waals surface area contributed by atoms with Crippen LogP contribution < -0.4 is 5.43 Å². The van der Waals surface area contributed by atoms with Crippen LogP contribution in [0.1, 0.15) is 55.4 Å². The zero-order valence-corrected chi connectivity index (χ0v) is 13.9. The number of hydrogen-bond acceptors (Lipinski definition) is 2. The maximum atomic E-state index is 5.43. The van der Waals surface area contributed by atoms with Crippen LogP contribution in [0.2, 0.25) is 0 Å². The molecular weight excluding hydrogens is 242 g/mol. The van der Waals surface area contributed by atoms with Crippen molar-refractivity contribution < 1.29 is 0 Å². The van der Waals surface area contributed by atoms with Crippen molar-refractivity contribution in [2.45, 2.75) is 67.5 Å². The first kappa shape index (κ1) is 17.4. The van der Waals surface area contributed by atoms with Gasteiger partial charge in [-0.25, -0.2) is 0 Å². The molecule has 0 aliphatic rings. The first-order valence-electron chi connectivity index (χ1n) is 6.84. The van der Waals surface area contributed by atoms with Gasteiger partial charge in [-0.2, -0.15) is 5.10 Å². The van der Waals surface area contributed by atoms with Crippen LogP contribution in [0.3, 0.4) is 0 Å². The van der Waals surface area contributed by atoms with Crippen molar-refractivity contribution in [2.24, 2.45) is 16.9 Å². The molecule has 1 N–H and O–H groups in total. The molecule has 0 amide bonds. The fourth-order valence-corrected chi connectivity index (χ4v) is 2.63. The molecule has 0 aliphatic heterocycles. The molecule has 4 heteroatoms. The van der Waals surface area contributed by atoms with Crippen LogP contribution in [-0.4, -0.2) is 27.8 Å². The van der Waals surface area contributed by atoms with Gasteiger partial charge in [-0.05, 0) is 51.7 Å². The summed E-state index contributed by atoms with van der Waals surface area (Å²) in [6.07, 6.45) is 0. The molecule has 3 nitrogen and oxygen atoms in total. The van der Waals surface area contributed by atoms with Gasteiger partial charge in [-0.3, -0.25) is 5.43 Å². The lowest BCUT2D eigenvalue weighted by Gasteiger charge is -2.32. The number of nitrogens with one attached hydrogen (secondary N) is 1. The van der Waals surface area contributed by atoms with Crippen molar-refractivity contribution in [3.63, 3.8) is 0 Å². The maximum Gasteiger partial charge on any atom is 0.190 e. The lowest BCUT2D eigenvalue weighted by Crippen LogP contribution is -2.46. The summed E-state index contributed by atoms with van der Waals surface area (Å²) in [5.41, 5.74) is 4.21. The Morgan fingerprint density at radius 2 is 1.28 bits per heavy atom. The monoisotopic (exact) mass is 271 g/mol. The van der Waals surface area contributed by atoms with Gasteiger partial charge in [-0.1, -0.05) is 27.7 Å². The number of nitrogens with zero attached hydrogens (tertiary/aromatic N) is 2. The van der Waals surface area contributed by atoms with Crippen LogP contribution in [-0.2, 0) is 0 Å². The van der Waals surface area contributed by atoms with Crippen LogP contribution >= 0.6 is 12.2 Å². The number of hydrogen-bond donors (Lipinski definition) is 1. The topological polar surface area (TPSA) is 27.6 Å². The minimum Gasteiger partial charge on any atom is -0.343 e. The van der Waals surface area contributed by atoms with E-state index in [0.29, 0.717) is 29.0 Å².